The molecule has 0 amide bonds. The van der Waals surface area contributed by atoms with Crippen LogP contribution in [0.3, 0.4) is 0 Å². The molecule has 5 rings (SSSR count). The molecule has 0 aliphatic heterocycles. The topological polar surface area (TPSA) is 120 Å². The minimum atomic E-state index is -3.22. The molecular weight excluding hydrogens is 585 g/mol. The molecule has 0 N–H and O–H groups in total. The predicted octanol–water partition coefficient (Wildman–Crippen LogP) is 7.40. The van der Waals surface area contributed by atoms with Crippen molar-refractivity contribution >= 4 is 7.60 Å². The molecule has 2 aromatic carbocycles. The van der Waals surface area contributed by atoms with Crippen LogP contribution >= 0.6 is 7.60 Å². The van der Waals surface area contributed by atoms with Gasteiger partial charge in [-0.1, -0.05) is 24.3 Å². The molecule has 0 aliphatic rings. The zero-order valence-corrected chi connectivity index (χ0v) is 26.1. The highest BCUT2D eigenvalue weighted by molar-refractivity contribution is 7.53. The van der Waals surface area contributed by atoms with E-state index in [0.717, 1.165) is 16.9 Å². The van der Waals surface area contributed by atoms with Crippen LogP contribution in [0, 0.1) is 6.92 Å². The Morgan fingerprint density at radius 1 is 0.909 bits per heavy atom. The summed E-state index contributed by atoms with van der Waals surface area (Å²) in [5.41, 5.74) is 3.21. The molecule has 0 fully saturated rings. The van der Waals surface area contributed by atoms with Gasteiger partial charge in [0.2, 0.25) is 5.88 Å². The van der Waals surface area contributed by atoms with Crippen molar-refractivity contribution in [2.24, 2.45) is 0 Å². The Balaban J connectivity index is 1.27. The van der Waals surface area contributed by atoms with Gasteiger partial charge in [0.05, 0.1) is 38.4 Å². The number of hydrogen-bond acceptors (Lipinski definition) is 10. The lowest BCUT2D eigenvalue weighted by Gasteiger charge is -2.17. The molecule has 11 nitrogen and oxygen atoms in total. The number of furan rings is 1. The fourth-order valence-electron chi connectivity index (χ4n) is 4.54. The minimum absolute atomic E-state index is 0.196. The smallest absolute Gasteiger partial charge is 0.331 e. The molecule has 0 atom stereocenters. The molecule has 0 aliphatic carbocycles. The van der Waals surface area contributed by atoms with E-state index in [2.05, 4.69) is 10.1 Å². The summed E-state index contributed by atoms with van der Waals surface area (Å²) in [6.07, 6.45) is 2.22. The maximum Gasteiger partial charge on any atom is 0.331 e. The number of para-hydroxylation sites is 1. The van der Waals surface area contributed by atoms with Crippen LogP contribution in [0.5, 0.6) is 17.4 Å². The number of aryl methyl sites for hydroxylation is 2. The number of oxazole rings is 1. The van der Waals surface area contributed by atoms with E-state index >= 15 is 0 Å². The van der Waals surface area contributed by atoms with E-state index in [4.69, 9.17) is 32.1 Å². The van der Waals surface area contributed by atoms with Gasteiger partial charge in [0.25, 0.3) is 5.89 Å². The van der Waals surface area contributed by atoms with E-state index in [1.54, 1.807) is 44.0 Å². The zero-order chi connectivity index (χ0) is 30.9. The number of benzene rings is 2. The van der Waals surface area contributed by atoms with Crippen LogP contribution in [0.4, 0.5) is 0 Å². The summed E-state index contributed by atoms with van der Waals surface area (Å²) in [5, 5.41) is 4.68. The molecule has 12 heteroatoms. The third kappa shape index (κ3) is 7.60. The second-order valence-electron chi connectivity index (χ2n) is 9.70. The monoisotopic (exact) mass is 621 g/mol. The lowest BCUT2D eigenvalue weighted by atomic mass is 10.2. The molecular formula is C32H36N3O8P. The minimum Gasteiger partial charge on any atom is -0.493 e. The molecule has 0 spiro atoms. The average molecular weight is 622 g/mol. The highest BCUT2D eigenvalue weighted by Crippen LogP contribution is 2.48. The van der Waals surface area contributed by atoms with Crippen LogP contribution in [0.2, 0.25) is 0 Å². The van der Waals surface area contributed by atoms with Gasteiger partial charge < -0.3 is 32.1 Å². The predicted molar refractivity (Wildman–Crippen MR) is 164 cm³/mol. The average Bonchev–Trinajstić information content (AvgIpc) is 3.79. The van der Waals surface area contributed by atoms with Crippen molar-refractivity contribution in [2.45, 2.75) is 40.4 Å². The fraction of sp³-hybridized carbons (Fsp3) is 0.312. The molecule has 0 bridgehead atoms. The molecule has 0 saturated heterocycles. The van der Waals surface area contributed by atoms with Gasteiger partial charge in [-0.3, -0.25) is 4.57 Å². The van der Waals surface area contributed by atoms with Gasteiger partial charge in [0, 0.05) is 18.2 Å². The van der Waals surface area contributed by atoms with Crippen LogP contribution in [0.25, 0.3) is 17.3 Å². The first-order chi connectivity index (χ1) is 21.4. The summed E-state index contributed by atoms with van der Waals surface area (Å²) in [7, 11) is -1.64. The fourth-order valence-corrected chi connectivity index (χ4v) is 6.16. The van der Waals surface area contributed by atoms with Crippen LogP contribution in [-0.4, -0.2) is 41.2 Å². The molecule has 0 radical (unpaired) electrons. The van der Waals surface area contributed by atoms with Crippen molar-refractivity contribution < 1.29 is 36.7 Å². The Bertz CT molecular complexity index is 1670. The van der Waals surface area contributed by atoms with E-state index in [0.29, 0.717) is 60.1 Å². The molecule has 44 heavy (non-hydrogen) atoms. The summed E-state index contributed by atoms with van der Waals surface area (Å²) < 4.78 is 54.7. The van der Waals surface area contributed by atoms with E-state index in [9.17, 15) is 4.57 Å². The van der Waals surface area contributed by atoms with E-state index in [1.165, 1.54) is 0 Å². The molecule has 5 aromatic rings. The standard InChI is InChI=1S/C32H36N3O8P/c1-5-41-44(36,42-6-2)18-16-26-20-31(34-35(26)25-11-8-7-9-12-25)40-21-24-14-15-28(30(19-24)37-4)39-22-27-23(3)43-32(33-27)29-13-10-17-38-29/h7-15,17,19-20H,5-6,16,18,21-22H2,1-4H3. The lowest BCUT2D eigenvalue weighted by molar-refractivity contribution is 0.220. The quantitative estimate of drug-likeness (QED) is 0.103. The van der Waals surface area contributed by atoms with E-state index in [-0.39, 0.29) is 19.4 Å². The first kappa shape index (κ1) is 31.1. The number of hydrogen-bond donors (Lipinski definition) is 0. The van der Waals surface area contributed by atoms with Crippen molar-refractivity contribution in [3.63, 3.8) is 0 Å². The van der Waals surface area contributed by atoms with Crippen molar-refractivity contribution in [3.05, 3.63) is 95.7 Å². The first-order valence-corrected chi connectivity index (χ1v) is 16.1. The number of rotatable bonds is 16. The van der Waals surface area contributed by atoms with Crippen molar-refractivity contribution in [1.82, 2.24) is 14.8 Å². The molecule has 0 saturated carbocycles. The zero-order valence-electron chi connectivity index (χ0n) is 25.2. The largest absolute Gasteiger partial charge is 0.493 e. The lowest BCUT2D eigenvalue weighted by Crippen LogP contribution is -2.07. The second kappa shape index (κ2) is 14.4. The van der Waals surface area contributed by atoms with E-state index < -0.39 is 7.60 Å². The highest BCUT2D eigenvalue weighted by atomic mass is 31.2. The highest BCUT2D eigenvalue weighted by Gasteiger charge is 2.25. The van der Waals surface area contributed by atoms with Gasteiger partial charge in [-0.2, -0.15) is 0 Å². The number of aromatic nitrogens is 3. The normalized spacial score (nSPS) is 11.5. The second-order valence-corrected chi connectivity index (χ2v) is 11.9. The molecule has 0 unspecified atom stereocenters. The number of methoxy groups -OCH3 is 1. The van der Waals surface area contributed by atoms with Gasteiger partial charge in [-0.15, -0.1) is 5.10 Å². The van der Waals surface area contributed by atoms with Crippen LogP contribution in [0.1, 0.15) is 36.6 Å². The Morgan fingerprint density at radius 2 is 1.70 bits per heavy atom. The van der Waals surface area contributed by atoms with Crippen molar-refractivity contribution in [2.75, 3.05) is 26.5 Å². The summed E-state index contributed by atoms with van der Waals surface area (Å²) in [6, 6.07) is 20.7. The van der Waals surface area contributed by atoms with Gasteiger partial charge in [-0.05, 0) is 62.7 Å². The first-order valence-electron chi connectivity index (χ1n) is 14.4. The van der Waals surface area contributed by atoms with Gasteiger partial charge in [0.15, 0.2) is 17.3 Å². The summed E-state index contributed by atoms with van der Waals surface area (Å²) in [6.45, 7) is 6.49. The van der Waals surface area contributed by atoms with Crippen LogP contribution in [0.15, 0.2) is 81.8 Å². The van der Waals surface area contributed by atoms with Crippen LogP contribution in [-0.2, 0) is 33.2 Å². The van der Waals surface area contributed by atoms with Gasteiger partial charge in [0.1, 0.15) is 24.7 Å². The molecule has 3 heterocycles. The SMILES string of the molecule is CCOP(=O)(CCc1cc(OCc2ccc(OCc3nc(-c4ccco4)oc3C)c(OC)c2)nn1-c1ccccc1)OCC. The maximum atomic E-state index is 13.1. The Labute approximate surface area is 256 Å². The summed E-state index contributed by atoms with van der Waals surface area (Å²) in [5.74, 6) is 3.14. The Hall–Kier alpha value is -4.31. The Kier molecular flexibility index (Phi) is 10.2. The molecule has 3 aromatic heterocycles. The molecule has 232 valence electrons. The third-order valence-electron chi connectivity index (χ3n) is 6.66. The summed E-state index contributed by atoms with van der Waals surface area (Å²) in [4.78, 5) is 4.49. The van der Waals surface area contributed by atoms with Crippen molar-refractivity contribution in [1.29, 1.82) is 0 Å². The van der Waals surface area contributed by atoms with Gasteiger partial charge >= 0.3 is 7.60 Å². The van der Waals surface area contributed by atoms with E-state index in [1.807, 2.05) is 61.5 Å². The Morgan fingerprint density at radius 3 is 2.41 bits per heavy atom. The van der Waals surface area contributed by atoms with Gasteiger partial charge in [-0.25, -0.2) is 9.67 Å². The maximum absolute atomic E-state index is 13.1. The third-order valence-corrected chi connectivity index (χ3v) is 8.73. The summed E-state index contributed by atoms with van der Waals surface area (Å²) >= 11 is 0. The number of nitrogens with zero attached hydrogens (tertiary/aromatic N) is 3. The van der Waals surface area contributed by atoms with Crippen molar-refractivity contribution in [3.8, 4) is 34.7 Å². The number of ether oxygens (including phenoxy) is 3. The van der Waals surface area contributed by atoms with Crippen LogP contribution < -0.4 is 14.2 Å².